The van der Waals surface area contributed by atoms with Crippen LogP contribution in [0.3, 0.4) is 0 Å². The molecule has 112 valence electrons. The van der Waals surface area contributed by atoms with E-state index in [4.69, 9.17) is 0 Å². The molecule has 0 amide bonds. The standard InChI is InChI=1S/C19H26N2/c1-3-9-18(10-4-1)13-7-15-20-17-21-16-8-14-19-11-5-2-6-12-19/h1-6,9-12,20-21H,7-8,13-17H2. The highest BCUT2D eigenvalue weighted by atomic mass is 15.0. The van der Waals surface area contributed by atoms with Crippen LogP contribution in [0.1, 0.15) is 24.0 Å². The van der Waals surface area contributed by atoms with E-state index >= 15 is 0 Å². The van der Waals surface area contributed by atoms with Crippen LogP contribution in [-0.2, 0) is 12.8 Å². The van der Waals surface area contributed by atoms with E-state index in [0.717, 1.165) is 32.6 Å². The van der Waals surface area contributed by atoms with Crippen molar-refractivity contribution in [3.05, 3.63) is 71.8 Å². The molecule has 2 N–H and O–H groups in total. The molecule has 0 spiro atoms. The molecule has 2 rings (SSSR count). The number of aryl methyl sites for hydroxylation is 2. The Labute approximate surface area is 128 Å². The van der Waals surface area contributed by atoms with Gasteiger partial charge in [-0.05, 0) is 49.9 Å². The minimum absolute atomic E-state index is 0.906. The van der Waals surface area contributed by atoms with Crippen LogP contribution in [0.15, 0.2) is 60.7 Å². The summed E-state index contributed by atoms with van der Waals surface area (Å²) >= 11 is 0. The van der Waals surface area contributed by atoms with Crippen molar-refractivity contribution in [1.29, 1.82) is 0 Å². The summed E-state index contributed by atoms with van der Waals surface area (Å²) in [5.74, 6) is 0. The van der Waals surface area contributed by atoms with Gasteiger partial charge in [-0.3, -0.25) is 0 Å². The zero-order chi connectivity index (χ0) is 14.6. The molecule has 0 aliphatic carbocycles. The van der Waals surface area contributed by atoms with Crippen LogP contribution in [0, 0.1) is 0 Å². The van der Waals surface area contributed by atoms with E-state index in [9.17, 15) is 0 Å². The lowest BCUT2D eigenvalue weighted by molar-refractivity contribution is 0.558. The van der Waals surface area contributed by atoms with Gasteiger partial charge in [0.2, 0.25) is 0 Å². The van der Waals surface area contributed by atoms with Crippen molar-refractivity contribution >= 4 is 0 Å². The number of rotatable bonds is 10. The Morgan fingerprint density at radius 3 is 1.43 bits per heavy atom. The summed E-state index contributed by atoms with van der Waals surface area (Å²) in [6.07, 6.45) is 4.69. The first-order chi connectivity index (χ1) is 10.4. The van der Waals surface area contributed by atoms with Crippen LogP contribution in [0.4, 0.5) is 0 Å². The molecule has 0 aromatic heterocycles. The molecule has 0 atom stereocenters. The van der Waals surface area contributed by atoms with Crippen molar-refractivity contribution in [1.82, 2.24) is 10.6 Å². The third-order valence-corrected chi connectivity index (χ3v) is 3.57. The lowest BCUT2D eigenvalue weighted by Gasteiger charge is -2.07. The fourth-order valence-corrected chi connectivity index (χ4v) is 2.39. The number of hydrogen-bond acceptors (Lipinski definition) is 2. The van der Waals surface area contributed by atoms with Gasteiger partial charge in [0.15, 0.2) is 0 Å². The quantitative estimate of drug-likeness (QED) is 0.515. The predicted molar refractivity (Wildman–Crippen MR) is 90.4 cm³/mol. The second-order valence-corrected chi connectivity index (χ2v) is 5.36. The van der Waals surface area contributed by atoms with Gasteiger partial charge < -0.3 is 10.6 Å². The molecule has 21 heavy (non-hydrogen) atoms. The van der Waals surface area contributed by atoms with Gasteiger partial charge in [-0.15, -0.1) is 0 Å². The van der Waals surface area contributed by atoms with Gasteiger partial charge in [-0.25, -0.2) is 0 Å². The van der Waals surface area contributed by atoms with E-state index in [1.54, 1.807) is 0 Å². The van der Waals surface area contributed by atoms with Crippen LogP contribution in [-0.4, -0.2) is 19.8 Å². The smallest absolute Gasteiger partial charge is 0.0454 e. The molecule has 0 aliphatic heterocycles. The Bertz CT molecular complexity index is 422. The Morgan fingerprint density at radius 2 is 1.00 bits per heavy atom. The lowest BCUT2D eigenvalue weighted by atomic mass is 10.1. The second-order valence-electron chi connectivity index (χ2n) is 5.36. The molecular formula is C19H26N2. The fourth-order valence-electron chi connectivity index (χ4n) is 2.39. The zero-order valence-electron chi connectivity index (χ0n) is 12.7. The zero-order valence-corrected chi connectivity index (χ0v) is 12.7. The van der Waals surface area contributed by atoms with Crippen LogP contribution >= 0.6 is 0 Å². The van der Waals surface area contributed by atoms with Crippen LogP contribution < -0.4 is 10.6 Å². The minimum Gasteiger partial charge on any atom is -0.304 e. The van der Waals surface area contributed by atoms with Gasteiger partial charge in [-0.2, -0.15) is 0 Å². The van der Waals surface area contributed by atoms with E-state index < -0.39 is 0 Å². The summed E-state index contributed by atoms with van der Waals surface area (Å²) in [5.41, 5.74) is 2.85. The van der Waals surface area contributed by atoms with Crippen molar-refractivity contribution < 1.29 is 0 Å². The van der Waals surface area contributed by atoms with Gasteiger partial charge in [0.25, 0.3) is 0 Å². The van der Waals surface area contributed by atoms with Gasteiger partial charge >= 0.3 is 0 Å². The van der Waals surface area contributed by atoms with E-state index in [2.05, 4.69) is 71.3 Å². The first-order valence-electron chi connectivity index (χ1n) is 7.94. The molecule has 0 bridgehead atoms. The monoisotopic (exact) mass is 282 g/mol. The van der Waals surface area contributed by atoms with Crippen LogP contribution in [0.25, 0.3) is 0 Å². The first kappa shape index (κ1) is 15.7. The summed E-state index contributed by atoms with van der Waals surface area (Å²) in [4.78, 5) is 0. The first-order valence-corrected chi connectivity index (χ1v) is 7.94. The SMILES string of the molecule is c1ccc(CCCNCNCCCc2ccccc2)cc1. The molecule has 0 saturated heterocycles. The number of nitrogens with one attached hydrogen (secondary N) is 2. The van der Waals surface area contributed by atoms with Gasteiger partial charge in [0.05, 0.1) is 0 Å². The highest BCUT2D eigenvalue weighted by Crippen LogP contribution is 2.02. The summed E-state index contributed by atoms with van der Waals surface area (Å²) < 4.78 is 0. The van der Waals surface area contributed by atoms with E-state index in [1.165, 1.54) is 24.0 Å². The second kappa shape index (κ2) is 10.1. The third-order valence-electron chi connectivity index (χ3n) is 3.57. The molecular weight excluding hydrogens is 256 g/mol. The summed E-state index contributed by atoms with van der Waals surface area (Å²) in [6, 6.07) is 21.4. The topological polar surface area (TPSA) is 24.1 Å². The fraction of sp³-hybridized carbons (Fsp3) is 0.368. The molecule has 0 fully saturated rings. The molecule has 0 aliphatic rings. The van der Waals surface area contributed by atoms with Gasteiger partial charge in [0.1, 0.15) is 0 Å². The highest BCUT2D eigenvalue weighted by Gasteiger charge is 1.93. The maximum absolute atomic E-state index is 3.44. The molecule has 0 unspecified atom stereocenters. The molecule has 2 aromatic rings. The molecule has 2 heteroatoms. The Kier molecular flexibility index (Phi) is 7.60. The summed E-state index contributed by atoms with van der Waals surface area (Å²) in [6.45, 7) is 3.05. The lowest BCUT2D eigenvalue weighted by Crippen LogP contribution is -2.30. The third kappa shape index (κ3) is 7.07. The van der Waals surface area contributed by atoms with E-state index in [-0.39, 0.29) is 0 Å². The average molecular weight is 282 g/mol. The number of hydrogen-bond donors (Lipinski definition) is 2. The Hall–Kier alpha value is -1.64. The van der Waals surface area contributed by atoms with E-state index in [1.807, 2.05) is 0 Å². The van der Waals surface area contributed by atoms with Crippen molar-refractivity contribution in [2.75, 3.05) is 19.8 Å². The molecule has 2 nitrogen and oxygen atoms in total. The van der Waals surface area contributed by atoms with Gasteiger partial charge in [-0.1, -0.05) is 60.7 Å². The average Bonchev–Trinajstić information content (AvgIpc) is 2.55. The Balaban J connectivity index is 1.40. The molecule has 0 saturated carbocycles. The predicted octanol–water partition coefficient (Wildman–Crippen LogP) is 3.39. The van der Waals surface area contributed by atoms with Crippen LogP contribution in [0.2, 0.25) is 0 Å². The van der Waals surface area contributed by atoms with Crippen molar-refractivity contribution in [2.45, 2.75) is 25.7 Å². The normalized spacial score (nSPS) is 10.7. The van der Waals surface area contributed by atoms with Crippen LogP contribution in [0.5, 0.6) is 0 Å². The highest BCUT2D eigenvalue weighted by molar-refractivity contribution is 5.15. The van der Waals surface area contributed by atoms with Crippen molar-refractivity contribution in [3.8, 4) is 0 Å². The largest absolute Gasteiger partial charge is 0.304 e. The number of benzene rings is 2. The van der Waals surface area contributed by atoms with Gasteiger partial charge in [0, 0.05) is 6.67 Å². The maximum atomic E-state index is 3.44. The Morgan fingerprint density at radius 1 is 0.571 bits per heavy atom. The maximum Gasteiger partial charge on any atom is 0.0454 e. The van der Waals surface area contributed by atoms with Crippen molar-refractivity contribution in [2.24, 2.45) is 0 Å². The summed E-state index contributed by atoms with van der Waals surface area (Å²) in [7, 11) is 0. The van der Waals surface area contributed by atoms with E-state index in [0.29, 0.717) is 0 Å². The molecule has 0 radical (unpaired) electrons. The molecule has 2 aromatic carbocycles. The minimum atomic E-state index is 0.906. The van der Waals surface area contributed by atoms with Crippen molar-refractivity contribution in [3.63, 3.8) is 0 Å². The molecule has 0 heterocycles. The summed E-state index contributed by atoms with van der Waals surface area (Å²) in [5, 5.41) is 6.89.